The van der Waals surface area contributed by atoms with E-state index in [-0.39, 0.29) is 5.60 Å². The zero-order valence-corrected chi connectivity index (χ0v) is 11.6. The second-order valence-electron chi connectivity index (χ2n) is 5.06. The van der Waals surface area contributed by atoms with Gasteiger partial charge in [0.15, 0.2) is 0 Å². The lowest BCUT2D eigenvalue weighted by Gasteiger charge is -2.43. The predicted octanol–water partition coefficient (Wildman–Crippen LogP) is 3.12. The number of hydrogen-bond acceptors (Lipinski definition) is 2. The second kappa shape index (κ2) is 7.74. The third kappa shape index (κ3) is 4.69. The lowest BCUT2D eigenvalue weighted by molar-refractivity contribution is -0.0837. The summed E-state index contributed by atoms with van der Waals surface area (Å²) in [5, 5.41) is 3.64. The molecule has 98 valence electrons. The third-order valence-corrected chi connectivity index (χ3v) is 3.79. The van der Waals surface area contributed by atoms with Crippen LogP contribution in [0.15, 0.2) is 0 Å². The van der Waals surface area contributed by atoms with Crippen molar-refractivity contribution in [2.24, 2.45) is 0 Å². The molecule has 1 aliphatic rings. The van der Waals surface area contributed by atoms with Crippen molar-refractivity contribution < 1.29 is 4.74 Å². The van der Waals surface area contributed by atoms with E-state index in [0.717, 1.165) is 25.8 Å². The molecule has 2 heteroatoms. The van der Waals surface area contributed by atoms with Gasteiger partial charge in [-0.25, -0.2) is 0 Å². The summed E-state index contributed by atoms with van der Waals surface area (Å²) in [4.78, 5) is 0. The molecule has 0 aromatic carbocycles. The van der Waals surface area contributed by atoms with Gasteiger partial charge in [0.2, 0.25) is 0 Å². The van der Waals surface area contributed by atoms with Gasteiger partial charge >= 0.3 is 0 Å². The van der Waals surface area contributed by atoms with Gasteiger partial charge in [0.05, 0.1) is 5.60 Å². The van der Waals surface area contributed by atoms with E-state index in [9.17, 15) is 0 Å². The standard InChI is InChI=1S/C15H27NO/c1-4-6-7-9-14(16-12-5-2)13-15(17-3)10-8-11-15/h14,16H,5,7-13H2,1-3H3. The first-order chi connectivity index (χ1) is 8.26. The molecule has 0 aliphatic heterocycles. The van der Waals surface area contributed by atoms with Crippen LogP contribution in [-0.2, 0) is 4.74 Å². The lowest BCUT2D eigenvalue weighted by atomic mass is 9.75. The number of rotatable bonds is 8. The van der Waals surface area contributed by atoms with Gasteiger partial charge in [-0.2, -0.15) is 0 Å². The van der Waals surface area contributed by atoms with Gasteiger partial charge in [-0.3, -0.25) is 0 Å². The molecule has 0 amide bonds. The Morgan fingerprint density at radius 2 is 2.18 bits per heavy atom. The Morgan fingerprint density at radius 3 is 2.65 bits per heavy atom. The molecule has 0 aromatic heterocycles. The first-order valence-electron chi connectivity index (χ1n) is 6.94. The van der Waals surface area contributed by atoms with Crippen molar-refractivity contribution in [3.05, 3.63) is 0 Å². The van der Waals surface area contributed by atoms with Gasteiger partial charge in [0.1, 0.15) is 0 Å². The van der Waals surface area contributed by atoms with Gasteiger partial charge < -0.3 is 10.1 Å². The van der Waals surface area contributed by atoms with E-state index in [2.05, 4.69) is 24.1 Å². The summed E-state index contributed by atoms with van der Waals surface area (Å²) in [7, 11) is 1.86. The monoisotopic (exact) mass is 237 g/mol. The molecule has 2 nitrogen and oxygen atoms in total. The van der Waals surface area contributed by atoms with Gasteiger partial charge in [-0.05, 0) is 52.0 Å². The second-order valence-corrected chi connectivity index (χ2v) is 5.06. The fourth-order valence-corrected chi connectivity index (χ4v) is 2.51. The summed E-state index contributed by atoms with van der Waals surface area (Å²) in [5.74, 6) is 6.14. The van der Waals surface area contributed by atoms with Gasteiger partial charge in [0, 0.05) is 19.6 Å². The molecule has 1 aliphatic carbocycles. The first kappa shape index (κ1) is 14.5. The summed E-state index contributed by atoms with van der Waals surface area (Å²) >= 11 is 0. The van der Waals surface area contributed by atoms with E-state index in [1.54, 1.807) is 0 Å². The highest BCUT2D eigenvalue weighted by molar-refractivity contribution is 4.98. The third-order valence-electron chi connectivity index (χ3n) is 3.79. The van der Waals surface area contributed by atoms with Crippen molar-refractivity contribution in [1.29, 1.82) is 0 Å². The normalized spacial score (nSPS) is 19.0. The van der Waals surface area contributed by atoms with Crippen molar-refractivity contribution >= 4 is 0 Å². The number of nitrogens with one attached hydrogen (secondary N) is 1. The fraction of sp³-hybridized carbons (Fsp3) is 0.867. The smallest absolute Gasteiger partial charge is 0.0693 e. The lowest BCUT2D eigenvalue weighted by Crippen LogP contribution is -2.46. The zero-order valence-electron chi connectivity index (χ0n) is 11.6. The molecule has 1 unspecified atom stereocenters. The Kier molecular flexibility index (Phi) is 6.62. The van der Waals surface area contributed by atoms with Crippen LogP contribution in [0.4, 0.5) is 0 Å². The Bertz CT molecular complexity index is 254. The molecule has 1 N–H and O–H groups in total. The summed E-state index contributed by atoms with van der Waals surface area (Å²) in [6.07, 6.45) is 8.26. The van der Waals surface area contributed by atoms with Crippen LogP contribution in [0.3, 0.4) is 0 Å². The van der Waals surface area contributed by atoms with E-state index in [0.29, 0.717) is 6.04 Å². The minimum atomic E-state index is 0.172. The number of ether oxygens (including phenoxy) is 1. The van der Waals surface area contributed by atoms with Crippen molar-refractivity contribution in [3.63, 3.8) is 0 Å². The van der Waals surface area contributed by atoms with E-state index in [1.165, 1.54) is 25.7 Å². The Hall–Kier alpha value is -0.520. The Morgan fingerprint density at radius 1 is 1.41 bits per heavy atom. The number of methoxy groups -OCH3 is 1. The molecule has 1 rings (SSSR count). The summed E-state index contributed by atoms with van der Waals surface area (Å²) < 4.78 is 5.71. The van der Waals surface area contributed by atoms with Crippen molar-refractivity contribution in [1.82, 2.24) is 5.32 Å². The van der Waals surface area contributed by atoms with Crippen molar-refractivity contribution in [3.8, 4) is 11.8 Å². The maximum Gasteiger partial charge on any atom is 0.0693 e. The minimum Gasteiger partial charge on any atom is -0.378 e. The average molecular weight is 237 g/mol. The SMILES string of the molecule is CC#CCCC(CC1(OC)CCC1)NCCC. The highest BCUT2D eigenvalue weighted by Gasteiger charge is 2.38. The molecule has 1 atom stereocenters. The van der Waals surface area contributed by atoms with E-state index in [4.69, 9.17) is 4.74 Å². The van der Waals surface area contributed by atoms with Gasteiger partial charge in [-0.1, -0.05) is 6.92 Å². The Labute approximate surface area is 107 Å². The summed E-state index contributed by atoms with van der Waals surface area (Å²) in [6.45, 7) is 5.23. The van der Waals surface area contributed by atoms with Crippen molar-refractivity contribution in [2.75, 3.05) is 13.7 Å². The topological polar surface area (TPSA) is 21.3 Å². The molecule has 1 fully saturated rings. The average Bonchev–Trinajstić information content (AvgIpc) is 2.30. The molecule has 0 aromatic rings. The highest BCUT2D eigenvalue weighted by Crippen LogP contribution is 2.39. The van der Waals surface area contributed by atoms with Crippen LogP contribution >= 0.6 is 0 Å². The molecule has 0 spiro atoms. The molecule has 0 heterocycles. The molecule has 0 radical (unpaired) electrons. The predicted molar refractivity (Wildman–Crippen MR) is 73.0 cm³/mol. The molecule has 17 heavy (non-hydrogen) atoms. The molecule has 0 bridgehead atoms. The van der Waals surface area contributed by atoms with Gasteiger partial charge in [-0.15, -0.1) is 11.8 Å². The van der Waals surface area contributed by atoms with Crippen LogP contribution < -0.4 is 5.32 Å². The van der Waals surface area contributed by atoms with E-state index >= 15 is 0 Å². The van der Waals surface area contributed by atoms with Crippen LogP contribution in [-0.4, -0.2) is 25.3 Å². The van der Waals surface area contributed by atoms with Crippen LogP contribution in [0, 0.1) is 11.8 Å². The quantitative estimate of drug-likeness (QED) is 0.655. The molecule has 0 saturated heterocycles. The summed E-state index contributed by atoms with van der Waals surface area (Å²) in [6, 6.07) is 0.566. The maximum atomic E-state index is 5.71. The zero-order chi connectivity index (χ0) is 12.6. The van der Waals surface area contributed by atoms with E-state index in [1.807, 2.05) is 14.0 Å². The van der Waals surface area contributed by atoms with Gasteiger partial charge in [0.25, 0.3) is 0 Å². The van der Waals surface area contributed by atoms with E-state index < -0.39 is 0 Å². The fourth-order valence-electron chi connectivity index (χ4n) is 2.51. The van der Waals surface area contributed by atoms with Crippen LogP contribution in [0.2, 0.25) is 0 Å². The number of hydrogen-bond donors (Lipinski definition) is 1. The largest absolute Gasteiger partial charge is 0.378 e. The molecular formula is C15H27NO. The summed E-state index contributed by atoms with van der Waals surface area (Å²) in [5.41, 5.74) is 0.172. The minimum absolute atomic E-state index is 0.172. The molecular weight excluding hydrogens is 210 g/mol. The van der Waals surface area contributed by atoms with Crippen LogP contribution in [0.1, 0.15) is 58.8 Å². The van der Waals surface area contributed by atoms with Crippen LogP contribution in [0.25, 0.3) is 0 Å². The van der Waals surface area contributed by atoms with Crippen molar-refractivity contribution in [2.45, 2.75) is 70.4 Å². The molecule has 1 saturated carbocycles. The highest BCUT2D eigenvalue weighted by atomic mass is 16.5. The first-order valence-corrected chi connectivity index (χ1v) is 6.94. The maximum absolute atomic E-state index is 5.71. The Balaban J connectivity index is 2.39. The van der Waals surface area contributed by atoms with Crippen LogP contribution in [0.5, 0.6) is 0 Å².